The number of benzene rings is 1. The van der Waals surface area contributed by atoms with Crippen molar-refractivity contribution in [1.82, 2.24) is 9.88 Å². The quantitative estimate of drug-likeness (QED) is 0.637. The van der Waals surface area contributed by atoms with Crippen LogP contribution < -0.4 is 0 Å². The van der Waals surface area contributed by atoms with Crippen LogP contribution in [0.3, 0.4) is 0 Å². The second kappa shape index (κ2) is 7.49. The van der Waals surface area contributed by atoms with E-state index in [1.54, 1.807) is 17.3 Å². The Labute approximate surface area is 154 Å². The summed E-state index contributed by atoms with van der Waals surface area (Å²) in [4.78, 5) is 18.7. The predicted octanol–water partition coefficient (Wildman–Crippen LogP) is 4.45. The predicted molar refractivity (Wildman–Crippen MR) is 97.9 cm³/mol. The largest absolute Gasteiger partial charge is 0.451 e. The number of nitrogens with zero attached hydrogens (tertiary/aromatic N) is 3. The number of fused-ring (bicyclic) bond motifs is 1. The van der Waals surface area contributed by atoms with Gasteiger partial charge in [-0.2, -0.15) is 5.26 Å². The Kier molecular flexibility index (Phi) is 5.15. The van der Waals surface area contributed by atoms with Gasteiger partial charge in [0.2, 0.25) is 0 Å². The molecule has 0 fully saturated rings. The van der Waals surface area contributed by atoms with Crippen molar-refractivity contribution < 1.29 is 9.21 Å². The highest BCUT2D eigenvalue weighted by atomic mass is 79.9. The van der Waals surface area contributed by atoms with E-state index in [1.807, 2.05) is 37.3 Å². The van der Waals surface area contributed by atoms with Gasteiger partial charge in [0.1, 0.15) is 5.58 Å². The van der Waals surface area contributed by atoms with Gasteiger partial charge in [-0.3, -0.25) is 9.78 Å². The zero-order valence-corrected chi connectivity index (χ0v) is 15.3. The SMILES string of the molecule is Cc1c(C(=O)N(CCC#N)Cc2cccnc2)oc2ccc(Br)cc12. The molecule has 0 atom stereocenters. The third kappa shape index (κ3) is 3.72. The second-order valence-corrected chi connectivity index (χ2v) is 6.61. The van der Waals surface area contributed by atoms with Gasteiger partial charge in [-0.05, 0) is 36.8 Å². The summed E-state index contributed by atoms with van der Waals surface area (Å²) in [5, 5.41) is 9.81. The van der Waals surface area contributed by atoms with Crippen molar-refractivity contribution in [3.8, 4) is 6.07 Å². The van der Waals surface area contributed by atoms with E-state index in [1.165, 1.54) is 0 Å². The molecule has 0 aliphatic rings. The number of amides is 1. The molecule has 126 valence electrons. The van der Waals surface area contributed by atoms with Crippen LogP contribution in [0.4, 0.5) is 0 Å². The summed E-state index contributed by atoms with van der Waals surface area (Å²) in [6.45, 7) is 2.59. The van der Waals surface area contributed by atoms with Crippen molar-refractivity contribution in [2.24, 2.45) is 0 Å². The fourth-order valence-electron chi connectivity index (χ4n) is 2.69. The summed E-state index contributed by atoms with van der Waals surface area (Å²) >= 11 is 3.44. The molecule has 0 unspecified atom stereocenters. The van der Waals surface area contributed by atoms with Gasteiger partial charge in [0.25, 0.3) is 5.91 Å². The lowest BCUT2D eigenvalue weighted by atomic mass is 10.1. The summed E-state index contributed by atoms with van der Waals surface area (Å²) in [6, 6.07) is 11.5. The molecule has 0 radical (unpaired) electrons. The van der Waals surface area contributed by atoms with E-state index in [-0.39, 0.29) is 12.3 Å². The number of halogens is 1. The van der Waals surface area contributed by atoms with Crippen LogP contribution in [0.2, 0.25) is 0 Å². The zero-order valence-electron chi connectivity index (χ0n) is 13.7. The van der Waals surface area contributed by atoms with Crippen LogP contribution in [0, 0.1) is 18.3 Å². The number of aryl methyl sites for hydroxylation is 1. The average Bonchev–Trinajstić information content (AvgIpc) is 2.95. The first-order valence-corrected chi connectivity index (χ1v) is 8.63. The minimum Gasteiger partial charge on any atom is -0.451 e. The highest BCUT2D eigenvalue weighted by Gasteiger charge is 2.23. The Hall–Kier alpha value is -2.65. The Morgan fingerprint density at radius 3 is 2.96 bits per heavy atom. The number of carbonyl (C=O) groups is 1. The molecule has 0 bridgehead atoms. The minimum absolute atomic E-state index is 0.219. The van der Waals surface area contributed by atoms with Crippen molar-refractivity contribution in [2.45, 2.75) is 19.9 Å². The van der Waals surface area contributed by atoms with Crippen molar-refractivity contribution in [3.05, 3.63) is 64.1 Å². The van der Waals surface area contributed by atoms with Gasteiger partial charge >= 0.3 is 0 Å². The van der Waals surface area contributed by atoms with E-state index in [4.69, 9.17) is 9.68 Å². The minimum atomic E-state index is -0.219. The molecule has 5 nitrogen and oxygen atoms in total. The van der Waals surface area contributed by atoms with Gasteiger partial charge in [0.05, 0.1) is 12.5 Å². The molecule has 0 aliphatic carbocycles. The highest BCUT2D eigenvalue weighted by Crippen LogP contribution is 2.29. The first-order valence-electron chi connectivity index (χ1n) is 7.84. The van der Waals surface area contributed by atoms with Gasteiger partial charge in [-0.25, -0.2) is 0 Å². The number of furan rings is 1. The van der Waals surface area contributed by atoms with Gasteiger partial charge in [-0.1, -0.05) is 22.0 Å². The van der Waals surface area contributed by atoms with Crippen molar-refractivity contribution >= 4 is 32.8 Å². The number of aromatic nitrogens is 1. The molecule has 25 heavy (non-hydrogen) atoms. The smallest absolute Gasteiger partial charge is 0.290 e. The summed E-state index contributed by atoms with van der Waals surface area (Å²) in [6.07, 6.45) is 3.66. The molecule has 0 N–H and O–H groups in total. The van der Waals surface area contributed by atoms with E-state index in [0.717, 1.165) is 21.0 Å². The van der Waals surface area contributed by atoms with Crippen LogP contribution >= 0.6 is 15.9 Å². The molecule has 0 saturated heterocycles. The molecule has 2 aromatic heterocycles. The summed E-state index contributed by atoms with van der Waals surface area (Å²) in [5.74, 6) is 0.0962. The average molecular weight is 398 g/mol. The molecule has 3 aromatic rings. The number of rotatable bonds is 5. The fraction of sp³-hybridized carbons (Fsp3) is 0.211. The standard InChI is InChI=1S/C19H16BrN3O2/c1-13-16-10-15(20)5-6-17(16)25-18(13)19(24)23(9-3-7-21)12-14-4-2-8-22-11-14/h2,4-6,8,10-11H,3,9,12H2,1H3. The highest BCUT2D eigenvalue weighted by molar-refractivity contribution is 9.10. The zero-order chi connectivity index (χ0) is 17.8. The Balaban J connectivity index is 1.94. The maximum atomic E-state index is 13.0. The first kappa shape index (κ1) is 17.2. The summed E-state index contributed by atoms with van der Waals surface area (Å²) < 4.78 is 6.73. The Morgan fingerprint density at radius 1 is 1.40 bits per heavy atom. The number of hydrogen-bond acceptors (Lipinski definition) is 4. The van der Waals surface area contributed by atoms with E-state index in [9.17, 15) is 4.79 Å². The van der Waals surface area contributed by atoms with Crippen LogP contribution in [0.5, 0.6) is 0 Å². The third-order valence-electron chi connectivity index (χ3n) is 3.97. The van der Waals surface area contributed by atoms with Crippen LogP contribution in [-0.4, -0.2) is 22.3 Å². The topological polar surface area (TPSA) is 70.1 Å². The van der Waals surface area contributed by atoms with Gasteiger partial charge < -0.3 is 9.32 Å². The summed E-state index contributed by atoms with van der Waals surface area (Å²) in [7, 11) is 0. The van der Waals surface area contributed by atoms with Crippen molar-refractivity contribution in [3.63, 3.8) is 0 Å². The monoisotopic (exact) mass is 397 g/mol. The first-order chi connectivity index (χ1) is 12.1. The van der Waals surface area contributed by atoms with E-state index < -0.39 is 0 Å². The lowest BCUT2D eigenvalue weighted by Crippen LogP contribution is -2.31. The number of pyridine rings is 1. The van der Waals surface area contributed by atoms with Crippen LogP contribution in [0.25, 0.3) is 11.0 Å². The van der Waals surface area contributed by atoms with Crippen molar-refractivity contribution in [2.75, 3.05) is 6.54 Å². The van der Waals surface area contributed by atoms with Crippen LogP contribution in [0.1, 0.15) is 28.1 Å². The molecule has 2 heterocycles. The normalized spacial score (nSPS) is 10.6. The molecule has 0 spiro atoms. The molecule has 1 amide bonds. The molecular weight excluding hydrogens is 382 g/mol. The lowest BCUT2D eigenvalue weighted by Gasteiger charge is -2.20. The second-order valence-electron chi connectivity index (χ2n) is 5.69. The molecule has 0 saturated carbocycles. The maximum absolute atomic E-state index is 13.0. The Morgan fingerprint density at radius 2 is 2.24 bits per heavy atom. The number of nitriles is 1. The van der Waals surface area contributed by atoms with Gasteiger partial charge in [-0.15, -0.1) is 0 Å². The number of hydrogen-bond donors (Lipinski definition) is 0. The van der Waals surface area contributed by atoms with E-state index in [2.05, 4.69) is 27.0 Å². The molecular formula is C19H16BrN3O2. The molecule has 1 aromatic carbocycles. The lowest BCUT2D eigenvalue weighted by molar-refractivity contribution is 0.0716. The fourth-order valence-corrected chi connectivity index (χ4v) is 3.05. The van der Waals surface area contributed by atoms with Crippen LogP contribution in [0.15, 0.2) is 51.6 Å². The van der Waals surface area contributed by atoms with Crippen LogP contribution in [-0.2, 0) is 6.54 Å². The van der Waals surface area contributed by atoms with E-state index >= 15 is 0 Å². The maximum Gasteiger partial charge on any atom is 0.290 e. The molecule has 3 rings (SSSR count). The summed E-state index contributed by atoms with van der Waals surface area (Å²) in [5.41, 5.74) is 2.38. The number of carbonyl (C=O) groups excluding carboxylic acids is 1. The van der Waals surface area contributed by atoms with Gasteiger partial charge in [0.15, 0.2) is 5.76 Å². The Bertz CT molecular complexity index is 944. The van der Waals surface area contributed by atoms with Gasteiger partial charge in [0, 0.05) is 40.9 Å². The third-order valence-corrected chi connectivity index (χ3v) is 4.46. The van der Waals surface area contributed by atoms with Crippen molar-refractivity contribution in [1.29, 1.82) is 5.26 Å². The molecule has 0 aliphatic heterocycles. The molecule has 6 heteroatoms. The van der Waals surface area contributed by atoms with E-state index in [0.29, 0.717) is 24.4 Å².